The highest BCUT2D eigenvalue weighted by Crippen LogP contribution is 2.40. The van der Waals surface area contributed by atoms with Crippen LogP contribution in [0.5, 0.6) is 11.5 Å². The van der Waals surface area contributed by atoms with E-state index >= 15 is 0 Å². The van der Waals surface area contributed by atoms with Gasteiger partial charge in [-0.1, -0.05) is 36.9 Å². The van der Waals surface area contributed by atoms with E-state index in [0.29, 0.717) is 56.5 Å². The van der Waals surface area contributed by atoms with Crippen LogP contribution in [0.1, 0.15) is 30.5 Å². The average molecular weight is 507 g/mol. The summed E-state index contributed by atoms with van der Waals surface area (Å²) in [5, 5.41) is 11.3. The molecule has 2 aromatic rings. The molecule has 0 bridgehead atoms. The quantitative estimate of drug-likeness (QED) is 0.215. The molecule has 2 aliphatic heterocycles. The molecule has 2 aromatic carbocycles. The topological polar surface area (TPSA) is 88.5 Å². The van der Waals surface area contributed by atoms with Crippen LogP contribution in [0.15, 0.2) is 66.8 Å². The van der Waals surface area contributed by atoms with E-state index in [1.54, 1.807) is 47.4 Å². The summed E-state index contributed by atoms with van der Waals surface area (Å²) in [6.07, 6.45) is 2.36. The Hall–Kier alpha value is -3.62. The fourth-order valence-corrected chi connectivity index (χ4v) is 4.70. The highest BCUT2D eigenvalue weighted by Gasteiger charge is 2.45. The van der Waals surface area contributed by atoms with Crippen LogP contribution in [0.4, 0.5) is 0 Å². The number of aliphatic hydroxyl groups excluding tert-OH is 1. The molecule has 0 saturated carbocycles. The molecule has 0 aliphatic carbocycles. The monoisotopic (exact) mass is 506 g/mol. The lowest BCUT2D eigenvalue weighted by Crippen LogP contribution is -2.38. The largest absolute Gasteiger partial charge is 0.507 e. The number of ether oxygens (including phenoxy) is 3. The number of morpholine rings is 1. The van der Waals surface area contributed by atoms with Gasteiger partial charge in [-0.3, -0.25) is 14.5 Å². The van der Waals surface area contributed by atoms with Gasteiger partial charge in [-0.25, -0.2) is 0 Å². The fourth-order valence-electron chi connectivity index (χ4n) is 4.70. The number of benzene rings is 2. The first-order valence-electron chi connectivity index (χ1n) is 12.7. The molecule has 0 radical (unpaired) electrons. The third-order valence-corrected chi connectivity index (χ3v) is 6.50. The number of hydrogen-bond acceptors (Lipinski definition) is 7. The van der Waals surface area contributed by atoms with E-state index < -0.39 is 17.7 Å². The lowest BCUT2D eigenvalue weighted by Gasteiger charge is -2.29. The maximum Gasteiger partial charge on any atom is 0.295 e. The molecule has 2 fully saturated rings. The number of rotatable bonds is 11. The van der Waals surface area contributed by atoms with Crippen LogP contribution in [-0.2, 0) is 14.3 Å². The smallest absolute Gasteiger partial charge is 0.295 e. The molecule has 0 spiro atoms. The minimum absolute atomic E-state index is 0.0739. The van der Waals surface area contributed by atoms with Gasteiger partial charge in [-0.15, -0.1) is 0 Å². The Morgan fingerprint density at radius 2 is 1.84 bits per heavy atom. The van der Waals surface area contributed by atoms with E-state index in [4.69, 9.17) is 14.2 Å². The molecule has 2 heterocycles. The summed E-state index contributed by atoms with van der Waals surface area (Å²) in [6.45, 7) is 10.7. The van der Waals surface area contributed by atoms with Crippen molar-refractivity contribution in [3.63, 3.8) is 0 Å². The first-order valence-corrected chi connectivity index (χ1v) is 12.7. The van der Waals surface area contributed by atoms with Crippen molar-refractivity contribution in [2.24, 2.45) is 0 Å². The standard InChI is InChI=1S/C29H34N2O6/c1-3-17-37-23-11-9-21(10-12-23)26-25(27(32)22-7-5-8-24(20-22)36-4-2)28(33)29(34)31(26)14-6-13-30-15-18-35-19-16-30/h3,5,7-12,20,26,32H,1,4,6,13-19H2,2H3/b27-25+. The van der Waals surface area contributed by atoms with Crippen LogP contribution < -0.4 is 9.47 Å². The molecule has 2 aliphatic rings. The number of Topliss-reactive ketones (excluding diaryl/α,β-unsaturated/α-hetero) is 1. The molecule has 1 N–H and O–H groups in total. The third kappa shape index (κ3) is 6.21. The summed E-state index contributed by atoms with van der Waals surface area (Å²) >= 11 is 0. The van der Waals surface area contributed by atoms with E-state index in [0.717, 1.165) is 25.2 Å². The van der Waals surface area contributed by atoms with Crippen molar-refractivity contribution in [1.82, 2.24) is 9.80 Å². The van der Waals surface area contributed by atoms with Gasteiger partial charge in [0, 0.05) is 31.7 Å². The van der Waals surface area contributed by atoms with Crippen molar-refractivity contribution >= 4 is 17.4 Å². The van der Waals surface area contributed by atoms with Gasteiger partial charge < -0.3 is 24.2 Å². The molecule has 8 heteroatoms. The molecule has 2 saturated heterocycles. The summed E-state index contributed by atoms with van der Waals surface area (Å²) in [7, 11) is 0. The van der Waals surface area contributed by atoms with Gasteiger partial charge in [0.15, 0.2) is 0 Å². The number of ketones is 1. The molecular formula is C29H34N2O6. The van der Waals surface area contributed by atoms with Crippen molar-refractivity contribution in [3.05, 3.63) is 77.9 Å². The zero-order valence-electron chi connectivity index (χ0n) is 21.2. The van der Waals surface area contributed by atoms with E-state index in [1.165, 1.54) is 0 Å². The summed E-state index contributed by atoms with van der Waals surface area (Å²) < 4.78 is 16.6. The Bertz CT molecular complexity index is 1140. The molecule has 8 nitrogen and oxygen atoms in total. The van der Waals surface area contributed by atoms with Gasteiger partial charge in [-0.05, 0) is 43.2 Å². The first-order chi connectivity index (χ1) is 18.0. The normalized spacial score (nSPS) is 19.7. The van der Waals surface area contributed by atoms with Gasteiger partial charge in [0.2, 0.25) is 0 Å². The maximum absolute atomic E-state index is 13.3. The number of amides is 1. The zero-order chi connectivity index (χ0) is 26.2. The van der Waals surface area contributed by atoms with Crippen LogP contribution in [0, 0.1) is 0 Å². The molecule has 1 amide bonds. The molecule has 0 aromatic heterocycles. The number of carbonyl (C=O) groups is 2. The Balaban J connectivity index is 1.67. The number of aliphatic hydroxyl groups is 1. The van der Waals surface area contributed by atoms with Crippen LogP contribution in [0.3, 0.4) is 0 Å². The summed E-state index contributed by atoms with van der Waals surface area (Å²) in [5.41, 5.74) is 1.22. The summed E-state index contributed by atoms with van der Waals surface area (Å²) in [6, 6.07) is 13.4. The minimum atomic E-state index is -0.714. The van der Waals surface area contributed by atoms with E-state index in [-0.39, 0.29) is 11.3 Å². The first kappa shape index (κ1) is 26.4. The second-order valence-electron chi connectivity index (χ2n) is 8.93. The van der Waals surface area contributed by atoms with E-state index in [9.17, 15) is 14.7 Å². The van der Waals surface area contributed by atoms with Gasteiger partial charge in [0.05, 0.1) is 31.4 Å². The van der Waals surface area contributed by atoms with Gasteiger partial charge in [0.1, 0.15) is 23.9 Å². The Morgan fingerprint density at radius 3 is 2.54 bits per heavy atom. The highest BCUT2D eigenvalue weighted by molar-refractivity contribution is 6.46. The average Bonchev–Trinajstić information content (AvgIpc) is 3.18. The maximum atomic E-state index is 13.3. The minimum Gasteiger partial charge on any atom is -0.507 e. The number of nitrogens with zero attached hydrogens (tertiary/aromatic N) is 2. The lowest BCUT2D eigenvalue weighted by molar-refractivity contribution is -0.140. The predicted molar refractivity (Wildman–Crippen MR) is 141 cm³/mol. The fraction of sp³-hybridized carbons (Fsp3) is 0.379. The summed E-state index contributed by atoms with van der Waals surface area (Å²) in [4.78, 5) is 30.4. The zero-order valence-corrected chi connectivity index (χ0v) is 21.2. The molecule has 1 unspecified atom stereocenters. The Labute approximate surface area is 217 Å². The van der Waals surface area contributed by atoms with E-state index in [1.807, 2.05) is 19.1 Å². The number of hydrogen-bond donors (Lipinski definition) is 1. The van der Waals surface area contributed by atoms with Crippen molar-refractivity contribution in [2.75, 3.05) is 52.6 Å². The van der Waals surface area contributed by atoms with Crippen molar-refractivity contribution < 1.29 is 28.9 Å². The molecule has 196 valence electrons. The van der Waals surface area contributed by atoms with Crippen molar-refractivity contribution in [3.8, 4) is 11.5 Å². The predicted octanol–water partition coefficient (Wildman–Crippen LogP) is 3.79. The Kier molecular flexibility index (Phi) is 8.98. The van der Waals surface area contributed by atoms with E-state index in [2.05, 4.69) is 11.5 Å². The Morgan fingerprint density at radius 1 is 1.08 bits per heavy atom. The highest BCUT2D eigenvalue weighted by atomic mass is 16.5. The van der Waals surface area contributed by atoms with Crippen LogP contribution in [0.25, 0.3) is 5.76 Å². The SMILES string of the molecule is C=CCOc1ccc(C2/C(=C(\O)c3cccc(OCC)c3)C(=O)C(=O)N2CCCN2CCOCC2)cc1. The molecule has 37 heavy (non-hydrogen) atoms. The lowest BCUT2D eigenvalue weighted by atomic mass is 9.95. The van der Waals surface area contributed by atoms with Gasteiger partial charge in [-0.2, -0.15) is 0 Å². The van der Waals surface area contributed by atoms with Gasteiger partial charge in [0.25, 0.3) is 11.7 Å². The molecular weight excluding hydrogens is 472 g/mol. The van der Waals surface area contributed by atoms with Crippen molar-refractivity contribution in [1.29, 1.82) is 0 Å². The molecule has 4 rings (SSSR count). The molecule has 1 atom stereocenters. The second-order valence-corrected chi connectivity index (χ2v) is 8.93. The van der Waals surface area contributed by atoms with Crippen LogP contribution >= 0.6 is 0 Å². The second kappa shape index (κ2) is 12.6. The van der Waals surface area contributed by atoms with Crippen LogP contribution in [-0.4, -0.2) is 79.2 Å². The van der Waals surface area contributed by atoms with Crippen LogP contribution in [0.2, 0.25) is 0 Å². The van der Waals surface area contributed by atoms with Gasteiger partial charge >= 0.3 is 0 Å². The third-order valence-electron chi connectivity index (χ3n) is 6.50. The number of carbonyl (C=O) groups excluding carboxylic acids is 2. The number of likely N-dealkylation sites (tertiary alicyclic amines) is 1. The summed E-state index contributed by atoms with van der Waals surface area (Å²) in [5.74, 6) is -0.291. The van der Waals surface area contributed by atoms with Crippen molar-refractivity contribution in [2.45, 2.75) is 19.4 Å².